The fourth-order valence-electron chi connectivity index (χ4n) is 2.19. The van der Waals surface area contributed by atoms with Crippen LogP contribution in [0.4, 0.5) is 0 Å². The van der Waals surface area contributed by atoms with Crippen LogP contribution in [0.3, 0.4) is 0 Å². The Labute approximate surface area is 104 Å². The molecule has 1 N–H and O–H groups in total. The van der Waals surface area contributed by atoms with Gasteiger partial charge in [-0.2, -0.15) is 0 Å². The molecule has 0 spiro atoms. The zero-order valence-electron chi connectivity index (χ0n) is 11.0. The van der Waals surface area contributed by atoms with Gasteiger partial charge in [0.05, 0.1) is 0 Å². The van der Waals surface area contributed by atoms with Crippen molar-refractivity contribution in [3.63, 3.8) is 0 Å². The van der Waals surface area contributed by atoms with E-state index >= 15 is 0 Å². The molecule has 2 heteroatoms. The Bertz CT molecular complexity index is 293. The van der Waals surface area contributed by atoms with Gasteiger partial charge in [0.25, 0.3) is 0 Å². The first-order valence-corrected chi connectivity index (χ1v) is 7.33. The molecule has 0 bridgehead atoms. The molecule has 0 aliphatic carbocycles. The summed E-state index contributed by atoms with van der Waals surface area (Å²) < 4.78 is 0. The summed E-state index contributed by atoms with van der Waals surface area (Å²) in [4.78, 5) is 3.06. The van der Waals surface area contributed by atoms with Gasteiger partial charge >= 0.3 is 0 Å². The average molecular weight is 239 g/mol. The number of aryl methyl sites for hydroxylation is 1. The van der Waals surface area contributed by atoms with Gasteiger partial charge in [0.1, 0.15) is 0 Å². The third kappa shape index (κ3) is 3.91. The van der Waals surface area contributed by atoms with E-state index in [-0.39, 0.29) is 0 Å². The van der Waals surface area contributed by atoms with Crippen LogP contribution >= 0.6 is 11.3 Å². The third-order valence-corrected chi connectivity index (χ3v) is 4.43. The monoisotopic (exact) mass is 239 g/mol. The molecule has 0 amide bonds. The first kappa shape index (κ1) is 13.7. The van der Waals surface area contributed by atoms with Crippen LogP contribution < -0.4 is 5.32 Å². The molecule has 1 heterocycles. The van der Waals surface area contributed by atoms with Crippen molar-refractivity contribution in [2.75, 3.05) is 6.54 Å². The smallest absolute Gasteiger partial charge is 0.00934 e. The van der Waals surface area contributed by atoms with Crippen LogP contribution in [0.5, 0.6) is 0 Å². The second kappa shape index (κ2) is 7.08. The Morgan fingerprint density at radius 1 is 1.19 bits per heavy atom. The first-order chi connectivity index (χ1) is 7.71. The van der Waals surface area contributed by atoms with E-state index < -0.39 is 0 Å². The lowest BCUT2D eigenvalue weighted by atomic mass is 9.95. The van der Waals surface area contributed by atoms with Gasteiger partial charge in [-0.15, -0.1) is 11.3 Å². The molecule has 1 aromatic rings. The van der Waals surface area contributed by atoms with E-state index in [2.05, 4.69) is 45.1 Å². The standard InChI is InChI=1S/C14H25NS/c1-5-12-8-9-13(16-12)10-11(4)14(6-2)15-7-3/h8-9,11,14-15H,5-7,10H2,1-4H3. The topological polar surface area (TPSA) is 12.0 Å². The lowest BCUT2D eigenvalue weighted by Crippen LogP contribution is -2.35. The van der Waals surface area contributed by atoms with Crippen molar-refractivity contribution in [2.45, 2.75) is 53.0 Å². The summed E-state index contributed by atoms with van der Waals surface area (Å²) >= 11 is 1.98. The maximum absolute atomic E-state index is 3.58. The Kier molecular flexibility index (Phi) is 6.07. The highest BCUT2D eigenvalue weighted by Crippen LogP contribution is 2.22. The van der Waals surface area contributed by atoms with Crippen LogP contribution in [0.2, 0.25) is 0 Å². The van der Waals surface area contributed by atoms with Crippen LogP contribution in [-0.4, -0.2) is 12.6 Å². The molecular formula is C14H25NS. The molecule has 0 aromatic carbocycles. The van der Waals surface area contributed by atoms with Crippen LogP contribution in [0.15, 0.2) is 12.1 Å². The Hall–Kier alpha value is -0.340. The van der Waals surface area contributed by atoms with E-state index in [0.29, 0.717) is 6.04 Å². The van der Waals surface area contributed by atoms with E-state index in [1.165, 1.54) is 24.1 Å². The fraction of sp³-hybridized carbons (Fsp3) is 0.714. The van der Waals surface area contributed by atoms with Gasteiger partial charge in [-0.3, -0.25) is 0 Å². The zero-order valence-corrected chi connectivity index (χ0v) is 11.9. The Morgan fingerprint density at radius 3 is 2.38 bits per heavy atom. The molecule has 0 aliphatic rings. The molecule has 1 nitrogen and oxygen atoms in total. The van der Waals surface area contributed by atoms with Gasteiger partial charge in [0.15, 0.2) is 0 Å². The highest BCUT2D eigenvalue weighted by atomic mass is 32.1. The Balaban J connectivity index is 2.51. The molecule has 0 aliphatic heterocycles. The minimum absolute atomic E-state index is 0.664. The second-order valence-corrected chi connectivity index (χ2v) is 5.73. The normalized spacial score (nSPS) is 15.0. The van der Waals surface area contributed by atoms with E-state index in [4.69, 9.17) is 0 Å². The fourth-order valence-corrected chi connectivity index (χ4v) is 3.29. The van der Waals surface area contributed by atoms with Gasteiger partial charge in [-0.25, -0.2) is 0 Å². The molecule has 2 unspecified atom stereocenters. The summed E-state index contributed by atoms with van der Waals surface area (Å²) in [6.45, 7) is 10.1. The van der Waals surface area contributed by atoms with Crippen molar-refractivity contribution in [3.05, 3.63) is 21.9 Å². The predicted molar refractivity (Wildman–Crippen MR) is 74.3 cm³/mol. The summed E-state index contributed by atoms with van der Waals surface area (Å²) in [6, 6.07) is 5.25. The average Bonchev–Trinajstić information content (AvgIpc) is 2.73. The van der Waals surface area contributed by atoms with E-state index in [9.17, 15) is 0 Å². The van der Waals surface area contributed by atoms with Crippen molar-refractivity contribution in [3.8, 4) is 0 Å². The number of nitrogens with one attached hydrogen (secondary N) is 1. The maximum atomic E-state index is 3.58. The van der Waals surface area contributed by atoms with Gasteiger partial charge in [-0.1, -0.05) is 27.7 Å². The lowest BCUT2D eigenvalue weighted by molar-refractivity contribution is 0.372. The van der Waals surface area contributed by atoms with Crippen LogP contribution in [-0.2, 0) is 12.8 Å². The number of hydrogen-bond acceptors (Lipinski definition) is 2. The summed E-state index contributed by atoms with van der Waals surface area (Å²) in [5.41, 5.74) is 0. The van der Waals surface area contributed by atoms with Crippen molar-refractivity contribution < 1.29 is 0 Å². The Morgan fingerprint density at radius 2 is 1.88 bits per heavy atom. The van der Waals surface area contributed by atoms with Crippen LogP contribution in [0, 0.1) is 5.92 Å². The summed E-state index contributed by atoms with van der Waals surface area (Å²) in [5.74, 6) is 0.730. The number of thiophene rings is 1. The van der Waals surface area contributed by atoms with Crippen molar-refractivity contribution in [1.82, 2.24) is 5.32 Å². The summed E-state index contributed by atoms with van der Waals surface area (Å²) in [7, 11) is 0. The third-order valence-electron chi connectivity index (χ3n) is 3.18. The predicted octanol–water partition coefficient (Wildman–Crippen LogP) is 3.88. The SMILES string of the molecule is CCNC(CC)C(C)Cc1ccc(CC)s1. The zero-order chi connectivity index (χ0) is 12.0. The molecule has 0 fully saturated rings. The van der Waals surface area contributed by atoms with E-state index in [0.717, 1.165) is 12.5 Å². The lowest BCUT2D eigenvalue weighted by Gasteiger charge is -2.23. The minimum atomic E-state index is 0.664. The molecule has 0 radical (unpaired) electrons. The highest BCUT2D eigenvalue weighted by Gasteiger charge is 2.15. The van der Waals surface area contributed by atoms with Gasteiger partial charge in [0, 0.05) is 15.8 Å². The number of hydrogen-bond donors (Lipinski definition) is 1. The molecule has 2 atom stereocenters. The van der Waals surface area contributed by atoms with E-state index in [1.54, 1.807) is 4.88 Å². The van der Waals surface area contributed by atoms with Gasteiger partial charge in [-0.05, 0) is 43.9 Å². The quantitative estimate of drug-likeness (QED) is 0.761. The van der Waals surface area contributed by atoms with Crippen molar-refractivity contribution >= 4 is 11.3 Å². The molecule has 0 saturated carbocycles. The molecule has 16 heavy (non-hydrogen) atoms. The molecule has 92 valence electrons. The van der Waals surface area contributed by atoms with Crippen molar-refractivity contribution in [1.29, 1.82) is 0 Å². The van der Waals surface area contributed by atoms with Gasteiger partial charge < -0.3 is 5.32 Å². The van der Waals surface area contributed by atoms with Crippen LogP contribution in [0.1, 0.15) is 43.9 Å². The van der Waals surface area contributed by atoms with Crippen molar-refractivity contribution in [2.24, 2.45) is 5.92 Å². The summed E-state index contributed by atoms with van der Waals surface area (Å²) in [5, 5.41) is 3.58. The van der Waals surface area contributed by atoms with E-state index in [1.807, 2.05) is 11.3 Å². The van der Waals surface area contributed by atoms with Gasteiger partial charge in [0.2, 0.25) is 0 Å². The highest BCUT2D eigenvalue weighted by molar-refractivity contribution is 7.11. The largest absolute Gasteiger partial charge is 0.314 e. The van der Waals surface area contributed by atoms with Crippen LogP contribution in [0.25, 0.3) is 0 Å². The maximum Gasteiger partial charge on any atom is 0.00934 e. The molecular weight excluding hydrogens is 214 g/mol. The number of rotatable bonds is 7. The molecule has 1 rings (SSSR count). The minimum Gasteiger partial charge on any atom is -0.314 e. The second-order valence-electron chi connectivity index (χ2n) is 4.48. The summed E-state index contributed by atoms with van der Waals surface area (Å²) in [6.07, 6.45) is 3.61. The molecule has 1 aromatic heterocycles. The molecule has 0 saturated heterocycles. The first-order valence-electron chi connectivity index (χ1n) is 6.52.